The van der Waals surface area contributed by atoms with Crippen molar-refractivity contribution >= 4 is 11.8 Å². The van der Waals surface area contributed by atoms with Crippen LogP contribution in [0, 0.1) is 0 Å². The van der Waals surface area contributed by atoms with Crippen molar-refractivity contribution < 1.29 is 23.5 Å². The number of rotatable bonds is 8. The number of carbonyl (C=O) groups is 2. The van der Waals surface area contributed by atoms with Crippen LogP contribution >= 0.6 is 0 Å². The lowest BCUT2D eigenvalue weighted by Gasteiger charge is -2.30. The lowest BCUT2D eigenvalue weighted by molar-refractivity contribution is -0.133. The Kier molecular flexibility index (Phi) is 6.44. The fourth-order valence-electron chi connectivity index (χ4n) is 3.56. The number of nitrogens with zero attached hydrogens (tertiary/aromatic N) is 2. The summed E-state index contributed by atoms with van der Waals surface area (Å²) in [6.07, 6.45) is 1.58. The average Bonchev–Trinajstić information content (AvgIpc) is 3.48. The van der Waals surface area contributed by atoms with Crippen molar-refractivity contribution in [3.63, 3.8) is 0 Å². The van der Waals surface area contributed by atoms with Gasteiger partial charge in [-0.2, -0.15) is 0 Å². The molecular formula is C25H26N2O5. The maximum atomic E-state index is 13.4. The summed E-state index contributed by atoms with van der Waals surface area (Å²) in [5.41, 5.74) is 1.46. The van der Waals surface area contributed by atoms with E-state index >= 15 is 0 Å². The molecule has 7 nitrogen and oxygen atoms in total. The zero-order chi connectivity index (χ0) is 22.5. The minimum Gasteiger partial charge on any atom is -0.467 e. The number of fused-ring (bicyclic) bond motifs is 1. The van der Waals surface area contributed by atoms with Gasteiger partial charge in [0.25, 0.3) is 5.91 Å². The summed E-state index contributed by atoms with van der Waals surface area (Å²) in [5, 5.41) is 0. The predicted octanol–water partition coefficient (Wildman–Crippen LogP) is 4.09. The van der Waals surface area contributed by atoms with Crippen molar-refractivity contribution in [1.82, 2.24) is 9.80 Å². The maximum Gasteiger partial charge on any atom is 0.254 e. The minimum absolute atomic E-state index is 0.0311. The molecular weight excluding hydrogens is 408 g/mol. The summed E-state index contributed by atoms with van der Waals surface area (Å²) in [5.74, 6) is 1.68. The van der Waals surface area contributed by atoms with Gasteiger partial charge in [-0.3, -0.25) is 9.59 Å². The molecule has 0 radical (unpaired) electrons. The first-order valence-electron chi connectivity index (χ1n) is 10.6. The first kappa shape index (κ1) is 21.5. The molecule has 0 spiro atoms. The molecule has 1 aromatic heterocycles. The van der Waals surface area contributed by atoms with Crippen LogP contribution in [-0.4, -0.2) is 41.0 Å². The van der Waals surface area contributed by atoms with Gasteiger partial charge >= 0.3 is 0 Å². The highest BCUT2D eigenvalue weighted by molar-refractivity contribution is 5.96. The van der Waals surface area contributed by atoms with Crippen LogP contribution in [0.3, 0.4) is 0 Å². The largest absolute Gasteiger partial charge is 0.467 e. The summed E-state index contributed by atoms with van der Waals surface area (Å²) in [4.78, 5) is 29.7. The molecule has 0 atom stereocenters. The second-order valence-electron chi connectivity index (χ2n) is 7.91. The molecule has 0 aliphatic carbocycles. The topological polar surface area (TPSA) is 72.2 Å². The standard InChI is InChI=1S/C25H26N2O5/c1-18(2)27(25(29)20-7-4-3-5-8-20)16-24(28)26(15-21-9-6-12-30-21)14-19-10-11-22-23(13-19)32-17-31-22/h3-13,18H,14-17H2,1-2H3. The van der Waals surface area contributed by atoms with E-state index in [1.54, 1.807) is 34.3 Å². The number of amides is 2. The van der Waals surface area contributed by atoms with E-state index in [4.69, 9.17) is 13.9 Å². The van der Waals surface area contributed by atoms with Gasteiger partial charge in [0.2, 0.25) is 12.7 Å². The molecule has 0 N–H and O–H groups in total. The fraction of sp³-hybridized carbons (Fsp3) is 0.280. The van der Waals surface area contributed by atoms with Crippen LogP contribution < -0.4 is 9.47 Å². The van der Waals surface area contributed by atoms with Gasteiger partial charge in [-0.25, -0.2) is 0 Å². The van der Waals surface area contributed by atoms with Gasteiger partial charge in [0.15, 0.2) is 11.5 Å². The molecule has 32 heavy (non-hydrogen) atoms. The second-order valence-corrected chi connectivity index (χ2v) is 7.91. The number of furan rings is 1. The third-order valence-corrected chi connectivity index (χ3v) is 5.30. The Labute approximate surface area is 187 Å². The van der Waals surface area contributed by atoms with E-state index in [0.29, 0.717) is 35.9 Å². The summed E-state index contributed by atoms with van der Waals surface area (Å²) < 4.78 is 16.3. The molecule has 4 rings (SSSR count). The Morgan fingerprint density at radius 1 is 0.938 bits per heavy atom. The van der Waals surface area contributed by atoms with Crippen LogP contribution in [0.5, 0.6) is 11.5 Å². The second kappa shape index (κ2) is 9.60. The van der Waals surface area contributed by atoms with Crippen LogP contribution in [0.2, 0.25) is 0 Å². The lowest BCUT2D eigenvalue weighted by atomic mass is 10.1. The minimum atomic E-state index is -0.171. The summed E-state index contributed by atoms with van der Waals surface area (Å²) >= 11 is 0. The van der Waals surface area contributed by atoms with Crippen molar-refractivity contribution in [3.8, 4) is 11.5 Å². The van der Waals surface area contributed by atoms with Crippen LogP contribution in [0.15, 0.2) is 71.3 Å². The highest BCUT2D eigenvalue weighted by Crippen LogP contribution is 2.33. The average molecular weight is 434 g/mol. The quantitative estimate of drug-likeness (QED) is 0.534. The number of hydrogen-bond acceptors (Lipinski definition) is 5. The van der Waals surface area contributed by atoms with Gasteiger partial charge in [0, 0.05) is 18.2 Å². The molecule has 0 saturated carbocycles. The first-order chi connectivity index (χ1) is 15.5. The van der Waals surface area contributed by atoms with E-state index in [1.165, 1.54) is 0 Å². The van der Waals surface area contributed by atoms with E-state index in [2.05, 4.69) is 0 Å². The zero-order valence-corrected chi connectivity index (χ0v) is 18.2. The van der Waals surface area contributed by atoms with Crippen molar-refractivity contribution in [1.29, 1.82) is 0 Å². The molecule has 3 aromatic rings. The SMILES string of the molecule is CC(C)N(CC(=O)N(Cc1ccc2c(c1)OCO2)Cc1ccco1)C(=O)c1ccccc1. The number of hydrogen-bond donors (Lipinski definition) is 0. The van der Waals surface area contributed by atoms with Crippen LogP contribution in [0.1, 0.15) is 35.5 Å². The smallest absolute Gasteiger partial charge is 0.254 e. The molecule has 1 aliphatic heterocycles. The predicted molar refractivity (Wildman–Crippen MR) is 118 cm³/mol. The van der Waals surface area contributed by atoms with Crippen molar-refractivity contribution in [2.24, 2.45) is 0 Å². The molecule has 0 fully saturated rings. The van der Waals surface area contributed by atoms with E-state index < -0.39 is 0 Å². The summed E-state index contributed by atoms with van der Waals surface area (Å²) in [7, 11) is 0. The summed E-state index contributed by atoms with van der Waals surface area (Å²) in [6.45, 7) is 4.62. The van der Waals surface area contributed by atoms with Crippen molar-refractivity contribution in [2.45, 2.75) is 33.0 Å². The van der Waals surface area contributed by atoms with Crippen LogP contribution in [0.25, 0.3) is 0 Å². The van der Waals surface area contributed by atoms with E-state index in [0.717, 1.165) is 5.56 Å². The lowest BCUT2D eigenvalue weighted by Crippen LogP contribution is -2.45. The van der Waals surface area contributed by atoms with Crippen molar-refractivity contribution in [3.05, 3.63) is 83.8 Å². The number of carbonyl (C=O) groups excluding carboxylic acids is 2. The zero-order valence-electron chi connectivity index (χ0n) is 18.2. The van der Waals surface area contributed by atoms with Gasteiger partial charge in [-0.15, -0.1) is 0 Å². The van der Waals surface area contributed by atoms with Gasteiger partial charge in [-0.1, -0.05) is 24.3 Å². The molecule has 1 aliphatic rings. The third-order valence-electron chi connectivity index (χ3n) is 5.30. The Hall–Kier alpha value is -3.74. The first-order valence-corrected chi connectivity index (χ1v) is 10.6. The Morgan fingerprint density at radius 2 is 1.72 bits per heavy atom. The van der Waals surface area contributed by atoms with Crippen LogP contribution in [0.4, 0.5) is 0 Å². The van der Waals surface area contributed by atoms with Crippen molar-refractivity contribution in [2.75, 3.05) is 13.3 Å². The van der Waals surface area contributed by atoms with E-state index in [9.17, 15) is 9.59 Å². The maximum absolute atomic E-state index is 13.4. The van der Waals surface area contributed by atoms with Gasteiger partial charge in [-0.05, 0) is 55.8 Å². The molecule has 2 amide bonds. The third kappa shape index (κ3) is 4.94. The molecule has 0 saturated heterocycles. The number of ether oxygens (including phenoxy) is 2. The Morgan fingerprint density at radius 3 is 2.44 bits per heavy atom. The molecule has 7 heteroatoms. The van der Waals surface area contributed by atoms with E-state index in [1.807, 2.05) is 56.3 Å². The van der Waals surface area contributed by atoms with Gasteiger partial charge < -0.3 is 23.7 Å². The Bertz CT molecular complexity index is 1060. The van der Waals surface area contributed by atoms with E-state index in [-0.39, 0.29) is 31.2 Å². The van der Waals surface area contributed by atoms with Gasteiger partial charge in [0.05, 0.1) is 12.8 Å². The molecule has 0 unspecified atom stereocenters. The Balaban J connectivity index is 1.54. The summed E-state index contributed by atoms with van der Waals surface area (Å²) in [6, 6.07) is 18.1. The molecule has 2 heterocycles. The van der Waals surface area contributed by atoms with Crippen LogP contribution in [-0.2, 0) is 17.9 Å². The highest BCUT2D eigenvalue weighted by Gasteiger charge is 2.25. The molecule has 2 aromatic carbocycles. The molecule has 0 bridgehead atoms. The molecule has 166 valence electrons. The fourth-order valence-corrected chi connectivity index (χ4v) is 3.56. The monoisotopic (exact) mass is 434 g/mol. The van der Waals surface area contributed by atoms with Gasteiger partial charge in [0.1, 0.15) is 12.3 Å². The highest BCUT2D eigenvalue weighted by atomic mass is 16.7. The number of benzene rings is 2. The normalized spacial score (nSPS) is 12.1.